The molecule has 0 aliphatic carbocycles. The summed E-state index contributed by atoms with van der Waals surface area (Å²) in [5, 5.41) is 52.6. The first kappa shape index (κ1) is 67.1. The van der Waals surface area contributed by atoms with E-state index in [0.29, 0.717) is 38.9 Å². The highest BCUT2D eigenvalue weighted by Crippen LogP contribution is 2.18. The summed E-state index contributed by atoms with van der Waals surface area (Å²) in [6, 6.07) is 8.90. The Hall–Kier alpha value is -1.88. The minimum absolute atomic E-state index is 0.0959. The fraction of sp³-hybridized carbons (Fsp3) is 0.867. The summed E-state index contributed by atoms with van der Waals surface area (Å²) < 4.78 is 0. The van der Waals surface area contributed by atoms with E-state index in [1.807, 2.05) is 40.1 Å². The molecule has 0 heterocycles. The second-order valence-electron chi connectivity index (χ2n) is 21.1. The van der Waals surface area contributed by atoms with Gasteiger partial charge in [0.05, 0.1) is 31.0 Å². The minimum Gasteiger partial charge on any atom is -0.480 e. The van der Waals surface area contributed by atoms with Gasteiger partial charge in [-0.1, -0.05) is 263 Å². The number of carbonyl (C=O) groups is 2. The molecule has 406 valence electrons. The van der Waals surface area contributed by atoms with E-state index < -0.39 is 36.4 Å². The summed E-state index contributed by atoms with van der Waals surface area (Å²) in [5.41, 5.74) is 0.958. The van der Waals surface area contributed by atoms with Gasteiger partial charge in [0.15, 0.2) is 0 Å². The van der Waals surface area contributed by atoms with Gasteiger partial charge in [-0.25, -0.2) is 0 Å². The molecule has 0 spiro atoms. The van der Waals surface area contributed by atoms with Crippen molar-refractivity contribution in [3.05, 3.63) is 35.9 Å². The van der Waals surface area contributed by atoms with Crippen LogP contribution < -0.4 is 0 Å². The zero-order valence-corrected chi connectivity index (χ0v) is 45.9. The lowest BCUT2D eigenvalue weighted by Gasteiger charge is -2.32. The lowest BCUT2D eigenvalue weighted by atomic mass is 10.0. The molecule has 5 unspecified atom stereocenters. The van der Waals surface area contributed by atoms with Crippen molar-refractivity contribution in [3.8, 4) is 0 Å². The van der Waals surface area contributed by atoms with E-state index >= 15 is 0 Å². The highest BCUT2D eigenvalue weighted by Gasteiger charge is 2.29. The van der Waals surface area contributed by atoms with E-state index in [-0.39, 0.29) is 18.9 Å². The van der Waals surface area contributed by atoms with Crippen molar-refractivity contribution >= 4 is 11.8 Å². The Morgan fingerprint density at radius 2 is 0.696 bits per heavy atom. The topological polar surface area (TPSA) is 142 Å². The number of carboxylic acids is 1. The Balaban J connectivity index is 0.00000137. The average Bonchev–Trinajstić information content (AvgIpc) is 3.31. The molecule has 0 aliphatic heterocycles. The van der Waals surface area contributed by atoms with E-state index in [9.17, 15) is 35.1 Å². The maximum atomic E-state index is 12.3. The van der Waals surface area contributed by atoms with Crippen LogP contribution in [0.15, 0.2) is 30.3 Å². The summed E-state index contributed by atoms with van der Waals surface area (Å²) in [5.74, 6) is -0.800. The van der Waals surface area contributed by atoms with Crippen molar-refractivity contribution in [1.29, 1.82) is 0 Å². The third kappa shape index (κ3) is 44.5. The number of hydrogen-bond acceptors (Lipinski definition) is 8. The summed E-state index contributed by atoms with van der Waals surface area (Å²) in [6.45, 7) is 12.4. The van der Waals surface area contributed by atoms with Gasteiger partial charge in [0.2, 0.25) is 0 Å². The molecule has 1 rings (SSSR count). The van der Waals surface area contributed by atoms with Crippen LogP contribution in [0.5, 0.6) is 0 Å². The number of ketones is 1. The van der Waals surface area contributed by atoms with E-state index in [0.717, 1.165) is 56.9 Å². The van der Waals surface area contributed by atoms with E-state index in [4.69, 9.17) is 0 Å². The molecular formula is C60H114N2O7. The maximum absolute atomic E-state index is 12.3. The molecular weight excluding hydrogens is 861 g/mol. The summed E-state index contributed by atoms with van der Waals surface area (Å²) in [4.78, 5) is 27.7. The molecule has 1 aromatic rings. The number of carbonyl (C=O) groups excluding carboxylic acids is 1. The second kappa shape index (κ2) is 49.7. The van der Waals surface area contributed by atoms with E-state index in [1.165, 1.54) is 167 Å². The van der Waals surface area contributed by atoms with Gasteiger partial charge in [-0.05, 0) is 44.6 Å². The molecule has 0 fully saturated rings. The third-order valence-electron chi connectivity index (χ3n) is 13.8. The van der Waals surface area contributed by atoms with Crippen LogP contribution in [-0.4, -0.2) is 110 Å². The van der Waals surface area contributed by atoms with Gasteiger partial charge in [-0.3, -0.25) is 19.4 Å². The van der Waals surface area contributed by atoms with Crippen molar-refractivity contribution < 1.29 is 35.1 Å². The van der Waals surface area contributed by atoms with Gasteiger partial charge in [-0.2, -0.15) is 0 Å². The smallest absolute Gasteiger partial charge is 0.321 e. The zero-order chi connectivity index (χ0) is 51.0. The number of nitrogens with zero attached hydrogens (tertiary/aromatic N) is 2. The van der Waals surface area contributed by atoms with Crippen molar-refractivity contribution in [2.45, 2.75) is 303 Å². The maximum Gasteiger partial charge on any atom is 0.321 e. The number of benzene rings is 1. The van der Waals surface area contributed by atoms with Gasteiger partial charge >= 0.3 is 5.97 Å². The molecule has 0 aliphatic rings. The summed E-state index contributed by atoms with van der Waals surface area (Å²) in [7, 11) is 0. The van der Waals surface area contributed by atoms with Crippen LogP contribution in [0, 0.1) is 0 Å². The van der Waals surface area contributed by atoms with Crippen molar-refractivity contribution in [1.82, 2.24) is 9.80 Å². The first-order chi connectivity index (χ1) is 33.5. The molecule has 9 heteroatoms. The molecule has 0 saturated carbocycles. The number of hydrogen-bond donors (Lipinski definition) is 5. The summed E-state index contributed by atoms with van der Waals surface area (Å²) >= 11 is 0. The van der Waals surface area contributed by atoms with Gasteiger partial charge in [0.25, 0.3) is 0 Å². The quantitative estimate of drug-likeness (QED) is 0.0403. The lowest BCUT2D eigenvalue weighted by Crippen LogP contribution is -2.49. The molecule has 69 heavy (non-hydrogen) atoms. The van der Waals surface area contributed by atoms with Gasteiger partial charge < -0.3 is 25.5 Å². The van der Waals surface area contributed by atoms with Crippen LogP contribution in [0.2, 0.25) is 0 Å². The molecule has 9 nitrogen and oxygen atoms in total. The Labute approximate surface area is 426 Å². The number of carboxylic acid groups (broad SMARTS) is 1. The standard InChI is InChI=1S/C33H59NO4.C27H55NO3/c1-3-5-7-9-11-13-15-20-24-30(35)27-34(32(33(37)38)26-29-22-18-17-19-23-29)28-31(36)25-21-16-14-12-10-8-6-4-2;1-4-6-8-10-12-14-16-18-20-26(30)23-28(22-25(3)29)24-27(31)21-19-17-15-13-11-9-7-5-2/h17-19,22-23,30-32,35-36H,3-16,20-21,24-28H2,1-2H3,(H,37,38);26-27,30-31H,4-24H2,1-3H3. The molecule has 5 N–H and O–H groups in total. The molecule has 0 saturated heterocycles. The first-order valence-electron chi connectivity index (χ1n) is 29.4. The average molecular weight is 976 g/mol. The predicted octanol–water partition coefficient (Wildman–Crippen LogP) is 14.4. The number of Topliss-reactive ketones (excluding diaryl/α,β-unsaturated/α-hetero) is 1. The number of aliphatic hydroxyl groups is 4. The molecule has 0 bridgehead atoms. The SMILES string of the molecule is CCCCCCCCCCC(O)CN(CC(C)=O)CC(O)CCCCCCCCCC.CCCCCCCCCCC(O)CN(CC(O)CCCCCCCCCC)C(Cc1ccccc1)C(=O)O. The molecule has 0 radical (unpaired) electrons. The molecule has 1 aromatic carbocycles. The van der Waals surface area contributed by atoms with Crippen LogP contribution in [0.1, 0.15) is 271 Å². The van der Waals surface area contributed by atoms with Gasteiger partial charge in [-0.15, -0.1) is 0 Å². The Morgan fingerprint density at radius 1 is 0.420 bits per heavy atom. The molecule has 0 amide bonds. The normalized spacial score (nSPS) is 13.8. The van der Waals surface area contributed by atoms with Gasteiger partial charge in [0.1, 0.15) is 11.8 Å². The second-order valence-corrected chi connectivity index (χ2v) is 21.1. The van der Waals surface area contributed by atoms with Crippen LogP contribution in [0.4, 0.5) is 0 Å². The zero-order valence-electron chi connectivity index (χ0n) is 45.9. The monoisotopic (exact) mass is 975 g/mol. The first-order valence-corrected chi connectivity index (χ1v) is 29.4. The van der Waals surface area contributed by atoms with Crippen LogP contribution >= 0.6 is 0 Å². The highest BCUT2D eigenvalue weighted by molar-refractivity contribution is 5.77. The van der Waals surface area contributed by atoms with E-state index in [2.05, 4.69) is 27.7 Å². The Bertz CT molecular complexity index is 1180. The predicted molar refractivity (Wildman–Crippen MR) is 293 cm³/mol. The van der Waals surface area contributed by atoms with E-state index in [1.54, 1.807) is 6.92 Å². The number of aliphatic hydroxyl groups excluding tert-OH is 4. The van der Waals surface area contributed by atoms with Crippen molar-refractivity contribution in [2.24, 2.45) is 0 Å². The van der Waals surface area contributed by atoms with Crippen LogP contribution in [0.3, 0.4) is 0 Å². The fourth-order valence-corrected chi connectivity index (χ4v) is 9.62. The molecule has 5 atom stereocenters. The number of aliphatic carboxylic acids is 1. The summed E-state index contributed by atoms with van der Waals surface area (Å²) in [6.07, 6.45) is 40.9. The number of rotatable bonds is 50. The van der Waals surface area contributed by atoms with Crippen LogP contribution in [0.25, 0.3) is 0 Å². The van der Waals surface area contributed by atoms with Crippen LogP contribution in [-0.2, 0) is 16.0 Å². The third-order valence-corrected chi connectivity index (χ3v) is 13.8. The van der Waals surface area contributed by atoms with Crippen molar-refractivity contribution in [2.75, 3.05) is 32.7 Å². The fourth-order valence-electron chi connectivity index (χ4n) is 9.62. The largest absolute Gasteiger partial charge is 0.480 e. The number of unbranched alkanes of at least 4 members (excludes halogenated alkanes) is 28. The molecule has 0 aromatic heterocycles. The highest BCUT2D eigenvalue weighted by atomic mass is 16.4. The Kier molecular flexibility index (Phi) is 48.3. The van der Waals surface area contributed by atoms with Crippen molar-refractivity contribution in [3.63, 3.8) is 0 Å². The lowest BCUT2D eigenvalue weighted by molar-refractivity contribution is -0.144. The minimum atomic E-state index is -0.896. The van der Waals surface area contributed by atoms with Gasteiger partial charge in [0, 0.05) is 26.2 Å². The Morgan fingerprint density at radius 3 is 0.971 bits per heavy atom.